The van der Waals surface area contributed by atoms with Crippen molar-refractivity contribution in [2.45, 2.75) is 18.6 Å². The molecule has 0 aromatic heterocycles. The van der Waals surface area contributed by atoms with E-state index >= 15 is 0 Å². The van der Waals surface area contributed by atoms with Crippen LogP contribution < -0.4 is 10.5 Å². The molecule has 0 bridgehead atoms. The van der Waals surface area contributed by atoms with Gasteiger partial charge in [0.1, 0.15) is 11.9 Å². The summed E-state index contributed by atoms with van der Waals surface area (Å²) in [5, 5.41) is 19.2. The fourth-order valence-corrected chi connectivity index (χ4v) is 1.74. The van der Waals surface area contributed by atoms with E-state index in [1.54, 1.807) is 6.07 Å². The van der Waals surface area contributed by atoms with Gasteiger partial charge in [-0.3, -0.25) is 0 Å². The normalized spacial score (nSPS) is 18.1. The van der Waals surface area contributed by atoms with E-state index in [4.69, 9.17) is 10.5 Å². The zero-order valence-corrected chi connectivity index (χ0v) is 8.39. The van der Waals surface area contributed by atoms with Crippen molar-refractivity contribution in [3.05, 3.63) is 29.3 Å². The van der Waals surface area contributed by atoms with Crippen LogP contribution in [0.2, 0.25) is 0 Å². The minimum Gasteiger partial charge on any atom is -0.493 e. The summed E-state index contributed by atoms with van der Waals surface area (Å²) in [6.07, 6.45) is -0.972. The Morgan fingerprint density at radius 3 is 2.93 bits per heavy atom. The molecule has 2 atom stereocenters. The molecule has 1 aromatic rings. The van der Waals surface area contributed by atoms with Crippen molar-refractivity contribution in [1.82, 2.24) is 0 Å². The lowest BCUT2D eigenvalue weighted by Gasteiger charge is -2.16. The smallest absolute Gasteiger partial charge is 0.122 e. The standard InChI is InChI=1S/C11H15NO3/c12-6-9(13)11(14)8-1-2-10-7(5-8)3-4-15-10/h1-2,5,9,11,13-14H,3-4,6,12H2. The van der Waals surface area contributed by atoms with Crippen LogP contribution in [0.15, 0.2) is 18.2 Å². The van der Waals surface area contributed by atoms with Gasteiger partial charge in [0.2, 0.25) is 0 Å². The molecular formula is C11H15NO3. The minimum absolute atomic E-state index is 0.0503. The predicted molar refractivity (Wildman–Crippen MR) is 55.7 cm³/mol. The summed E-state index contributed by atoms with van der Waals surface area (Å²) >= 11 is 0. The molecule has 0 amide bonds. The first-order chi connectivity index (χ1) is 7.22. The monoisotopic (exact) mass is 209 g/mol. The van der Waals surface area contributed by atoms with Crippen LogP contribution in [0.25, 0.3) is 0 Å². The average Bonchev–Trinajstić information content (AvgIpc) is 2.73. The van der Waals surface area contributed by atoms with E-state index in [0.717, 1.165) is 17.7 Å². The summed E-state index contributed by atoms with van der Waals surface area (Å²) < 4.78 is 5.35. The Kier molecular flexibility index (Phi) is 2.90. The van der Waals surface area contributed by atoms with Crippen LogP contribution in [0, 0.1) is 0 Å². The Morgan fingerprint density at radius 2 is 2.20 bits per heavy atom. The van der Waals surface area contributed by atoms with Crippen molar-refractivity contribution >= 4 is 0 Å². The van der Waals surface area contributed by atoms with E-state index < -0.39 is 12.2 Å². The number of hydrogen-bond donors (Lipinski definition) is 3. The van der Waals surface area contributed by atoms with E-state index in [-0.39, 0.29) is 6.54 Å². The van der Waals surface area contributed by atoms with Crippen LogP contribution in [-0.2, 0) is 6.42 Å². The second-order valence-corrected chi connectivity index (χ2v) is 3.71. The molecule has 82 valence electrons. The predicted octanol–water partition coefficient (Wildman–Crippen LogP) is -0.0255. The topological polar surface area (TPSA) is 75.7 Å². The Morgan fingerprint density at radius 1 is 1.40 bits per heavy atom. The fraction of sp³-hybridized carbons (Fsp3) is 0.455. The summed E-state index contributed by atoms with van der Waals surface area (Å²) in [5.41, 5.74) is 7.06. The molecule has 4 heteroatoms. The molecule has 4 nitrogen and oxygen atoms in total. The van der Waals surface area contributed by atoms with Crippen molar-refractivity contribution in [2.75, 3.05) is 13.2 Å². The Hall–Kier alpha value is -1.10. The molecule has 4 N–H and O–H groups in total. The fourth-order valence-electron chi connectivity index (χ4n) is 1.74. The minimum atomic E-state index is -0.916. The van der Waals surface area contributed by atoms with Crippen LogP contribution in [0.3, 0.4) is 0 Å². The first-order valence-corrected chi connectivity index (χ1v) is 5.04. The highest BCUT2D eigenvalue weighted by Crippen LogP contribution is 2.28. The maximum atomic E-state index is 9.75. The zero-order valence-electron chi connectivity index (χ0n) is 8.39. The molecule has 0 radical (unpaired) electrons. The van der Waals surface area contributed by atoms with Crippen LogP contribution in [0.1, 0.15) is 17.2 Å². The van der Waals surface area contributed by atoms with Crippen molar-refractivity contribution in [1.29, 1.82) is 0 Å². The highest BCUT2D eigenvalue weighted by molar-refractivity contribution is 5.40. The zero-order chi connectivity index (χ0) is 10.8. The third-order valence-corrected chi connectivity index (χ3v) is 2.66. The number of fused-ring (bicyclic) bond motifs is 1. The molecule has 2 unspecified atom stereocenters. The van der Waals surface area contributed by atoms with Gasteiger partial charge >= 0.3 is 0 Å². The molecule has 0 aliphatic carbocycles. The van der Waals surface area contributed by atoms with Gasteiger partial charge in [-0.1, -0.05) is 6.07 Å². The molecule has 0 saturated heterocycles. The van der Waals surface area contributed by atoms with Gasteiger partial charge in [-0.15, -0.1) is 0 Å². The summed E-state index contributed by atoms with van der Waals surface area (Å²) in [6, 6.07) is 5.45. The Bertz CT molecular complexity index is 354. The van der Waals surface area contributed by atoms with Gasteiger partial charge in [-0.2, -0.15) is 0 Å². The van der Waals surface area contributed by atoms with Crippen LogP contribution in [0.5, 0.6) is 5.75 Å². The molecular weight excluding hydrogens is 194 g/mol. The first kappa shape index (κ1) is 10.4. The molecule has 0 fully saturated rings. The number of nitrogens with two attached hydrogens (primary N) is 1. The first-order valence-electron chi connectivity index (χ1n) is 5.04. The lowest BCUT2D eigenvalue weighted by molar-refractivity contribution is 0.0243. The number of ether oxygens (including phenoxy) is 1. The largest absolute Gasteiger partial charge is 0.493 e. The molecule has 0 spiro atoms. The third kappa shape index (κ3) is 1.97. The SMILES string of the molecule is NCC(O)C(O)c1ccc2c(c1)CCO2. The van der Waals surface area contributed by atoms with Gasteiger partial charge in [-0.05, 0) is 23.3 Å². The van der Waals surface area contributed by atoms with Crippen LogP contribution in [0.4, 0.5) is 0 Å². The van der Waals surface area contributed by atoms with E-state index in [0.29, 0.717) is 12.2 Å². The molecule has 1 aliphatic heterocycles. The summed E-state index contributed by atoms with van der Waals surface area (Å²) in [7, 11) is 0. The van der Waals surface area contributed by atoms with E-state index in [2.05, 4.69) is 0 Å². The number of benzene rings is 1. The lowest BCUT2D eigenvalue weighted by Crippen LogP contribution is -2.27. The molecule has 15 heavy (non-hydrogen) atoms. The maximum Gasteiger partial charge on any atom is 0.122 e. The van der Waals surface area contributed by atoms with Crippen molar-refractivity contribution in [3.63, 3.8) is 0 Å². The molecule has 2 rings (SSSR count). The second kappa shape index (κ2) is 4.18. The number of aliphatic hydroxyl groups is 2. The highest BCUT2D eigenvalue weighted by atomic mass is 16.5. The summed E-state index contributed by atoms with van der Waals surface area (Å²) in [4.78, 5) is 0. The Labute approximate surface area is 88.3 Å². The molecule has 1 heterocycles. The number of rotatable bonds is 3. The molecule has 1 aromatic carbocycles. The van der Waals surface area contributed by atoms with E-state index in [1.165, 1.54) is 0 Å². The van der Waals surface area contributed by atoms with Crippen molar-refractivity contribution in [2.24, 2.45) is 5.73 Å². The quantitative estimate of drug-likeness (QED) is 0.653. The lowest BCUT2D eigenvalue weighted by atomic mass is 10.0. The highest BCUT2D eigenvalue weighted by Gasteiger charge is 2.19. The van der Waals surface area contributed by atoms with E-state index in [9.17, 15) is 10.2 Å². The van der Waals surface area contributed by atoms with Crippen molar-refractivity contribution in [3.8, 4) is 5.75 Å². The van der Waals surface area contributed by atoms with Gasteiger partial charge in [0.05, 0.1) is 12.7 Å². The average molecular weight is 209 g/mol. The summed E-state index contributed by atoms with van der Waals surface area (Å²) in [6.45, 7) is 0.739. The maximum absolute atomic E-state index is 9.75. The third-order valence-electron chi connectivity index (χ3n) is 2.66. The summed E-state index contributed by atoms with van der Waals surface area (Å²) in [5.74, 6) is 0.869. The number of aliphatic hydroxyl groups excluding tert-OH is 2. The van der Waals surface area contributed by atoms with Gasteiger partial charge in [0.25, 0.3) is 0 Å². The molecule has 1 aliphatic rings. The Balaban J connectivity index is 2.22. The van der Waals surface area contributed by atoms with Gasteiger partial charge < -0.3 is 20.7 Å². The van der Waals surface area contributed by atoms with E-state index in [1.807, 2.05) is 12.1 Å². The second-order valence-electron chi connectivity index (χ2n) is 3.71. The van der Waals surface area contributed by atoms with Gasteiger partial charge in [-0.25, -0.2) is 0 Å². The van der Waals surface area contributed by atoms with Gasteiger partial charge in [0.15, 0.2) is 0 Å². The number of hydrogen-bond acceptors (Lipinski definition) is 4. The van der Waals surface area contributed by atoms with Gasteiger partial charge in [0, 0.05) is 13.0 Å². The van der Waals surface area contributed by atoms with Crippen LogP contribution >= 0.6 is 0 Å². The molecule has 0 saturated carbocycles. The van der Waals surface area contributed by atoms with Crippen molar-refractivity contribution < 1.29 is 14.9 Å². The van der Waals surface area contributed by atoms with Crippen LogP contribution in [-0.4, -0.2) is 29.5 Å².